The molecule has 2 aromatic rings. The van der Waals surface area contributed by atoms with Crippen molar-refractivity contribution in [2.45, 2.75) is 91.5 Å². The molecule has 0 amide bonds. The molecule has 2 aromatic carbocycles. The molecule has 0 aromatic heterocycles. The lowest BCUT2D eigenvalue weighted by molar-refractivity contribution is -0.0683. The summed E-state index contributed by atoms with van der Waals surface area (Å²) in [5.41, 5.74) is 2.73. The van der Waals surface area contributed by atoms with Gasteiger partial charge >= 0.3 is 11.9 Å². The molecule has 0 fully saturated rings. The van der Waals surface area contributed by atoms with Gasteiger partial charge < -0.3 is 18.9 Å². The highest BCUT2D eigenvalue weighted by molar-refractivity contribution is 5.92. The topological polar surface area (TPSA) is 71.1 Å². The Bertz CT molecular complexity index is 1030. The lowest BCUT2D eigenvalue weighted by atomic mass is 9.84. The minimum Gasteiger partial charge on any atom is -0.459 e. The highest BCUT2D eigenvalue weighted by Gasteiger charge is 2.24. The number of esters is 2. The molecular formula is C31H44O6. The smallest absolute Gasteiger partial charge is 0.338 e. The van der Waals surface area contributed by atoms with Gasteiger partial charge in [0.25, 0.3) is 0 Å². The van der Waals surface area contributed by atoms with Crippen molar-refractivity contribution in [3.05, 3.63) is 70.8 Å². The fraction of sp³-hybridized carbons (Fsp3) is 0.548. The maximum absolute atomic E-state index is 12.7. The van der Waals surface area contributed by atoms with Crippen LogP contribution in [-0.4, -0.2) is 50.1 Å². The standard InChI is InChI=1S/C31H44O6/c1-21(35-20-23(3)37-29(33)25-15-11-13-17-27(25)31(7,8)9)18-34-22(2)19-36-28(32)24-14-10-12-16-26(24)30(4,5)6/h10-17,21-23H,18-20H2,1-9H3. The van der Waals surface area contributed by atoms with E-state index in [-0.39, 0.29) is 48.2 Å². The molecule has 6 nitrogen and oxygen atoms in total. The van der Waals surface area contributed by atoms with Gasteiger partial charge in [0.1, 0.15) is 12.7 Å². The maximum Gasteiger partial charge on any atom is 0.338 e. The summed E-state index contributed by atoms with van der Waals surface area (Å²) in [6, 6.07) is 15.0. The third-order valence-corrected chi connectivity index (χ3v) is 5.90. The van der Waals surface area contributed by atoms with Crippen LogP contribution in [0.5, 0.6) is 0 Å². The SMILES string of the molecule is CC(COC(=O)c1ccccc1C(C)(C)C)OCC(C)OCC(C)OC(=O)c1ccccc1C(C)(C)C. The van der Waals surface area contributed by atoms with Gasteiger partial charge in [0.2, 0.25) is 0 Å². The Labute approximate surface area is 222 Å². The van der Waals surface area contributed by atoms with Crippen LogP contribution < -0.4 is 0 Å². The molecule has 0 aliphatic rings. The minimum absolute atomic E-state index is 0.144. The van der Waals surface area contributed by atoms with E-state index in [4.69, 9.17) is 18.9 Å². The molecule has 0 aliphatic carbocycles. The lowest BCUT2D eigenvalue weighted by Gasteiger charge is -2.24. The maximum atomic E-state index is 12.7. The molecule has 0 N–H and O–H groups in total. The second-order valence-corrected chi connectivity index (χ2v) is 11.7. The third kappa shape index (κ3) is 9.60. The normalized spacial score (nSPS) is 14.5. The first kappa shape index (κ1) is 30.5. The van der Waals surface area contributed by atoms with Crippen molar-refractivity contribution in [3.63, 3.8) is 0 Å². The van der Waals surface area contributed by atoms with Crippen LogP contribution in [0.4, 0.5) is 0 Å². The summed E-state index contributed by atoms with van der Waals surface area (Å²) in [6.07, 6.45) is -0.923. The molecule has 0 saturated carbocycles. The van der Waals surface area contributed by atoms with Gasteiger partial charge in [-0.25, -0.2) is 9.59 Å². The quantitative estimate of drug-likeness (QED) is 0.320. The lowest BCUT2D eigenvalue weighted by Crippen LogP contribution is -2.28. The van der Waals surface area contributed by atoms with Crippen molar-refractivity contribution in [2.24, 2.45) is 0 Å². The number of ether oxygens (including phenoxy) is 4. The zero-order valence-corrected chi connectivity index (χ0v) is 23.9. The van der Waals surface area contributed by atoms with E-state index in [9.17, 15) is 9.59 Å². The monoisotopic (exact) mass is 512 g/mol. The molecular weight excluding hydrogens is 468 g/mol. The van der Waals surface area contributed by atoms with E-state index in [0.717, 1.165) is 11.1 Å². The highest BCUT2D eigenvalue weighted by Crippen LogP contribution is 2.27. The Morgan fingerprint density at radius 3 is 1.51 bits per heavy atom. The van der Waals surface area contributed by atoms with Crippen molar-refractivity contribution in [2.75, 3.05) is 19.8 Å². The van der Waals surface area contributed by atoms with Crippen LogP contribution in [0.15, 0.2) is 48.5 Å². The van der Waals surface area contributed by atoms with Crippen LogP contribution in [0, 0.1) is 0 Å². The van der Waals surface area contributed by atoms with Crippen LogP contribution in [0.2, 0.25) is 0 Å². The van der Waals surface area contributed by atoms with Gasteiger partial charge in [-0.15, -0.1) is 0 Å². The summed E-state index contributed by atoms with van der Waals surface area (Å²) in [5.74, 6) is -0.706. The Morgan fingerprint density at radius 1 is 0.622 bits per heavy atom. The summed E-state index contributed by atoms with van der Waals surface area (Å²) >= 11 is 0. The van der Waals surface area contributed by atoms with Gasteiger partial charge in [-0.1, -0.05) is 77.9 Å². The van der Waals surface area contributed by atoms with Crippen molar-refractivity contribution in [3.8, 4) is 0 Å². The summed E-state index contributed by atoms with van der Waals surface area (Å²) in [4.78, 5) is 25.4. The van der Waals surface area contributed by atoms with Gasteiger partial charge in [0.15, 0.2) is 0 Å². The molecule has 0 radical (unpaired) electrons. The Morgan fingerprint density at radius 2 is 1.03 bits per heavy atom. The van der Waals surface area contributed by atoms with E-state index < -0.39 is 6.10 Å². The molecule has 0 saturated heterocycles. The van der Waals surface area contributed by atoms with Gasteiger partial charge in [0, 0.05) is 0 Å². The first-order chi connectivity index (χ1) is 17.2. The van der Waals surface area contributed by atoms with E-state index in [1.54, 1.807) is 12.1 Å². The summed E-state index contributed by atoms with van der Waals surface area (Å²) < 4.78 is 22.8. The second kappa shape index (κ2) is 13.2. The van der Waals surface area contributed by atoms with Crippen molar-refractivity contribution >= 4 is 11.9 Å². The number of benzene rings is 2. The molecule has 6 heteroatoms. The average Bonchev–Trinajstić information content (AvgIpc) is 2.83. The summed E-state index contributed by atoms with van der Waals surface area (Å²) in [5, 5.41) is 0. The van der Waals surface area contributed by atoms with E-state index in [0.29, 0.717) is 17.7 Å². The molecule has 3 unspecified atom stereocenters. The third-order valence-electron chi connectivity index (χ3n) is 5.90. The van der Waals surface area contributed by atoms with Gasteiger partial charge in [-0.3, -0.25) is 0 Å². The zero-order chi connectivity index (χ0) is 27.8. The number of carbonyl (C=O) groups is 2. The van der Waals surface area contributed by atoms with E-state index in [1.807, 2.05) is 57.2 Å². The summed E-state index contributed by atoms with van der Waals surface area (Å²) in [7, 11) is 0. The van der Waals surface area contributed by atoms with E-state index >= 15 is 0 Å². The van der Waals surface area contributed by atoms with Crippen molar-refractivity contribution in [1.29, 1.82) is 0 Å². The van der Waals surface area contributed by atoms with Crippen LogP contribution in [-0.2, 0) is 29.8 Å². The average molecular weight is 513 g/mol. The first-order valence-corrected chi connectivity index (χ1v) is 13.0. The zero-order valence-electron chi connectivity index (χ0n) is 23.9. The number of hydrogen-bond donors (Lipinski definition) is 0. The predicted octanol–water partition coefficient (Wildman–Crippen LogP) is 6.49. The Hall–Kier alpha value is -2.70. The second-order valence-electron chi connectivity index (χ2n) is 11.7. The van der Waals surface area contributed by atoms with Crippen LogP contribution in [0.3, 0.4) is 0 Å². The fourth-order valence-electron chi connectivity index (χ4n) is 3.88. The molecule has 3 atom stereocenters. The van der Waals surface area contributed by atoms with E-state index in [2.05, 4.69) is 41.5 Å². The van der Waals surface area contributed by atoms with E-state index in [1.165, 1.54) is 0 Å². The number of hydrogen-bond acceptors (Lipinski definition) is 6. The van der Waals surface area contributed by atoms with Crippen LogP contribution in [0.1, 0.15) is 94.2 Å². The fourth-order valence-corrected chi connectivity index (χ4v) is 3.88. The highest BCUT2D eigenvalue weighted by atomic mass is 16.6. The van der Waals surface area contributed by atoms with Crippen molar-refractivity contribution < 1.29 is 28.5 Å². The van der Waals surface area contributed by atoms with Gasteiger partial charge in [0.05, 0.1) is 36.5 Å². The number of carbonyl (C=O) groups excluding carboxylic acids is 2. The number of rotatable bonds is 11. The van der Waals surface area contributed by atoms with Crippen LogP contribution in [0.25, 0.3) is 0 Å². The molecule has 204 valence electrons. The Kier molecular flexibility index (Phi) is 10.9. The molecule has 0 aliphatic heterocycles. The van der Waals surface area contributed by atoms with Crippen LogP contribution >= 0.6 is 0 Å². The minimum atomic E-state index is -0.413. The molecule has 0 bridgehead atoms. The first-order valence-electron chi connectivity index (χ1n) is 13.0. The molecule has 2 rings (SSSR count). The van der Waals surface area contributed by atoms with Gasteiger partial charge in [-0.2, -0.15) is 0 Å². The van der Waals surface area contributed by atoms with Gasteiger partial charge in [-0.05, 0) is 54.9 Å². The summed E-state index contributed by atoms with van der Waals surface area (Å²) in [6.45, 7) is 18.7. The molecule has 0 spiro atoms. The van der Waals surface area contributed by atoms with Crippen molar-refractivity contribution in [1.82, 2.24) is 0 Å². The predicted molar refractivity (Wildman–Crippen MR) is 146 cm³/mol. The Balaban J connectivity index is 1.76. The molecule has 37 heavy (non-hydrogen) atoms. The largest absolute Gasteiger partial charge is 0.459 e. The molecule has 0 heterocycles.